The number of hydrogen-bond acceptors (Lipinski definition) is 5. The zero-order valence-electron chi connectivity index (χ0n) is 17.3. The lowest BCUT2D eigenvalue weighted by Gasteiger charge is -2.38. The van der Waals surface area contributed by atoms with Crippen LogP contribution in [0.5, 0.6) is 11.5 Å². The highest BCUT2D eigenvalue weighted by Gasteiger charge is 2.36. The van der Waals surface area contributed by atoms with Crippen LogP contribution in [0.1, 0.15) is 38.2 Å². The molecule has 0 bridgehead atoms. The van der Waals surface area contributed by atoms with Crippen molar-refractivity contribution in [3.63, 3.8) is 0 Å². The van der Waals surface area contributed by atoms with Crippen molar-refractivity contribution in [3.05, 3.63) is 71.8 Å². The van der Waals surface area contributed by atoms with E-state index >= 15 is 0 Å². The van der Waals surface area contributed by atoms with E-state index in [1.54, 1.807) is 7.11 Å². The van der Waals surface area contributed by atoms with Gasteiger partial charge in [0.25, 0.3) is 0 Å². The van der Waals surface area contributed by atoms with Gasteiger partial charge in [-0.1, -0.05) is 51.1 Å². The van der Waals surface area contributed by atoms with Crippen molar-refractivity contribution >= 4 is 0 Å². The Hall–Kier alpha value is -2.34. The summed E-state index contributed by atoms with van der Waals surface area (Å²) in [5, 5.41) is 0. The van der Waals surface area contributed by atoms with Crippen LogP contribution in [0, 0.1) is 0 Å². The van der Waals surface area contributed by atoms with E-state index in [-0.39, 0.29) is 17.6 Å². The molecule has 0 amide bonds. The minimum atomic E-state index is -0.457. The van der Waals surface area contributed by atoms with Crippen LogP contribution < -0.4 is 9.47 Å². The Balaban J connectivity index is 1.37. The van der Waals surface area contributed by atoms with Crippen molar-refractivity contribution in [2.45, 2.75) is 51.0 Å². The fourth-order valence-corrected chi connectivity index (χ4v) is 3.42. The molecule has 0 radical (unpaired) electrons. The molecule has 4 atom stereocenters. The van der Waals surface area contributed by atoms with Crippen LogP contribution in [-0.4, -0.2) is 32.2 Å². The van der Waals surface area contributed by atoms with Gasteiger partial charge in [0.15, 0.2) is 6.29 Å². The van der Waals surface area contributed by atoms with Gasteiger partial charge in [-0.3, -0.25) is 0 Å². The van der Waals surface area contributed by atoms with Gasteiger partial charge < -0.3 is 23.7 Å². The predicted octanol–water partition coefficient (Wildman–Crippen LogP) is 4.77. The van der Waals surface area contributed by atoms with Gasteiger partial charge in [-0.2, -0.15) is 0 Å². The maximum Gasteiger partial charge on any atom is 0.220 e. The zero-order chi connectivity index (χ0) is 20.4. The van der Waals surface area contributed by atoms with Crippen LogP contribution in [0.3, 0.4) is 0 Å². The van der Waals surface area contributed by atoms with Crippen LogP contribution in [-0.2, 0) is 19.6 Å². The average Bonchev–Trinajstić information content (AvgIpc) is 2.73. The summed E-state index contributed by atoms with van der Waals surface area (Å²) in [4.78, 5) is 0. The van der Waals surface area contributed by atoms with Crippen LogP contribution in [0.15, 0.2) is 60.7 Å². The van der Waals surface area contributed by atoms with Gasteiger partial charge in [-0.15, -0.1) is 0 Å². The van der Waals surface area contributed by atoms with Gasteiger partial charge in [-0.25, -0.2) is 0 Å². The molecule has 5 heteroatoms. The highest BCUT2D eigenvalue weighted by Crippen LogP contribution is 2.32. The fourth-order valence-electron chi connectivity index (χ4n) is 3.42. The van der Waals surface area contributed by atoms with Crippen molar-refractivity contribution in [1.82, 2.24) is 0 Å². The molecule has 4 rings (SSSR count). The molecule has 5 nitrogen and oxygen atoms in total. The second-order valence-electron chi connectivity index (χ2n) is 8.36. The lowest BCUT2D eigenvalue weighted by Crippen LogP contribution is -2.46. The summed E-state index contributed by atoms with van der Waals surface area (Å²) in [5.41, 5.74) is 2.34. The summed E-state index contributed by atoms with van der Waals surface area (Å²) in [7, 11) is 1.65. The smallest absolute Gasteiger partial charge is 0.220 e. The molecule has 2 aromatic carbocycles. The fraction of sp³-hybridized carbons (Fsp3) is 0.417. The van der Waals surface area contributed by atoms with Crippen molar-refractivity contribution in [2.75, 3.05) is 13.7 Å². The molecule has 0 aromatic heterocycles. The molecule has 0 N–H and O–H groups in total. The molecular formula is C24H28O5. The second kappa shape index (κ2) is 8.19. The third kappa shape index (κ3) is 4.64. The minimum absolute atomic E-state index is 0.115. The monoisotopic (exact) mass is 396 g/mol. The zero-order valence-corrected chi connectivity index (χ0v) is 17.3. The Morgan fingerprint density at radius 1 is 0.862 bits per heavy atom. The maximum absolute atomic E-state index is 6.07. The topological polar surface area (TPSA) is 46.2 Å². The third-order valence-electron chi connectivity index (χ3n) is 5.19. The Labute approximate surface area is 172 Å². The van der Waals surface area contributed by atoms with Gasteiger partial charge >= 0.3 is 0 Å². The number of methoxy groups -OCH3 is 1. The predicted molar refractivity (Wildman–Crippen MR) is 110 cm³/mol. The molecule has 2 heterocycles. The number of rotatable bonds is 4. The van der Waals surface area contributed by atoms with Crippen LogP contribution in [0.4, 0.5) is 0 Å². The molecule has 1 fully saturated rings. The molecule has 0 saturated carbocycles. The third-order valence-corrected chi connectivity index (χ3v) is 5.19. The van der Waals surface area contributed by atoms with Crippen molar-refractivity contribution in [3.8, 4) is 11.5 Å². The van der Waals surface area contributed by atoms with E-state index in [2.05, 4.69) is 32.9 Å². The van der Waals surface area contributed by atoms with E-state index in [0.29, 0.717) is 6.61 Å². The first-order chi connectivity index (χ1) is 13.9. The van der Waals surface area contributed by atoms with E-state index in [1.165, 1.54) is 5.56 Å². The standard InChI is InChI=1S/C24H28O5/c1-24(2,3)17-7-11-19(12-8-17)27-22-14-13-20-21(28-22)15-26-23(29-20)16-5-9-18(25-4)10-6-16/h5-14,20-23H,15H2,1-4H3/t20-,21+,22+,23?/m0/s1. The van der Waals surface area contributed by atoms with Gasteiger partial charge in [0.05, 0.1) is 13.7 Å². The molecule has 154 valence electrons. The first kappa shape index (κ1) is 20.0. The number of benzene rings is 2. The van der Waals surface area contributed by atoms with E-state index in [4.69, 9.17) is 23.7 Å². The van der Waals surface area contributed by atoms with Gasteiger partial charge in [0.2, 0.25) is 6.29 Å². The van der Waals surface area contributed by atoms with Gasteiger partial charge in [0.1, 0.15) is 23.7 Å². The van der Waals surface area contributed by atoms with Crippen LogP contribution in [0.25, 0.3) is 0 Å². The lowest BCUT2D eigenvalue weighted by molar-refractivity contribution is -0.275. The Morgan fingerprint density at radius 2 is 1.55 bits per heavy atom. The largest absolute Gasteiger partial charge is 0.497 e. The molecule has 0 aliphatic carbocycles. The quantitative estimate of drug-likeness (QED) is 0.697. The Morgan fingerprint density at radius 3 is 2.21 bits per heavy atom. The summed E-state index contributed by atoms with van der Waals surface area (Å²) < 4.78 is 29.2. The first-order valence-electron chi connectivity index (χ1n) is 9.94. The van der Waals surface area contributed by atoms with Crippen molar-refractivity contribution < 1.29 is 23.7 Å². The highest BCUT2D eigenvalue weighted by atomic mass is 16.7. The second-order valence-corrected chi connectivity index (χ2v) is 8.36. The Kier molecular flexibility index (Phi) is 5.63. The number of hydrogen-bond donors (Lipinski definition) is 0. The Bertz CT molecular complexity index is 835. The molecule has 2 aromatic rings. The number of ether oxygens (including phenoxy) is 5. The molecule has 0 spiro atoms. The summed E-state index contributed by atoms with van der Waals surface area (Å²) in [5.74, 6) is 1.58. The lowest BCUT2D eigenvalue weighted by atomic mass is 9.87. The summed E-state index contributed by atoms with van der Waals surface area (Å²) in [6.07, 6.45) is 2.66. The molecule has 29 heavy (non-hydrogen) atoms. The van der Waals surface area contributed by atoms with Crippen molar-refractivity contribution in [2.24, 2.45) is 0 Å². The van der Waals surface area contributed by atoms with Crippen molar-refractivity contribution in [1.29, 1.82) is 0 Å². The molecule has 2 aliphatic rings. The van der Waals surface area contributed by atoms with Gasteiger partial charge in [0, 0.05) is 5.56 Å². The maximum atomic E-state index is 6.07. The first-order valence-corrected chi connectivity index (χ1v) is 9.94. The SMILES string of the molecule is COc1ccc(C2OC[C@H]3O[C@@H](Oc4ccc(C(C)(C)C)cc4)C=C[C@@H]3O2)cc1. The van der Waals surface area contributed by atoms with Crippen LogP contribution in [0.2, 0.25) is 0 Å². The van der Waals surface area contributed by atoms with E-state index in [9.17, 15) is 0 Å². The number of fused-ring (bicyclic) bond motifs is 1. The van der Waals surface area contributed by atoms with E-state index in [1.807, 2.05) is 48.6 Å². The van der Waals surface area contributed by atoms with Crippen LogP contribution >= 0.6 is 0 Å². The van der Waals surface area contributed by atoms with E-state index in [0.717, 1.165) is 17.1 Å². The minimum Gasteiger partial charge on any atom is -0.497 e. The molecule has 1 unspecified atom stereocenters. The summed E-state index contributed by atoms with van der Waals surface area (Å²) >= 11 is 0. The average molecular weight is 396 g/mol. The van der Waals surface area contributed by atoms with Gasteiger partial charge in [-0.05, 0) is 41.3 Å². The molecule has 2 aliphatic heterocycles. The summed E-state index contributed by atoms with van der Waals surface area (Å²) in [6.45, 7) is 7.02. The normalized spacial score (nSPS) is 26.6. The van der Waals surface area contributed by atoms with E-state index < -0.39 is 12.6 Å². The highest BCUT2D eigenvalue weighted by molar-refractivity contribution is 5.31. The molecular weight excluding hydrogens is 368 g/mol. The summed E-state index contributed by atoms with van der Waals surface area (Å²) in [6, 6.07) is 15.9. The molecule has 1 saturated heterocycles.